The van der Waals surface area contributed by atoms with Crippen LogP contribution in [0.2, 0.25) is 0 Å². The van der Waals surface area contributed by atoms with Gasteiger partial charge in [-0.05, 0) is 29.9 Å². The summed E-state index contributed by atoms with van der Waals surface area (Å²) in [4.78, 5) is 27.3. The van der Waals surface area contributed by atoms with Crippen molar-refractivity contribution >= 4 is 23.2 Å². The van der Waals surface area contributed by atoms with E-state index in [1.165, 1.54) is 0 Å². The van der Waals surface area contributed by atoms with Crippen LogP contribution in [0.25, 0.3) is 0 Å². The van der Waals surface area contributed by atoms with Gasteiger partial charge in [0, 0.05) is 17.8 Å². The molecule has 2 amide bonds. The number of benzene rings is 1. The fourth-order valence-corrected chi connectivity index (χ4v) is 3.14. The number of likely N-dealkylation sites (N-methyl/N-ethyl adjacent to an activating group) is 1. The number of nitrogens with one attached hydrogen (secondary N) is 1. The van der Waals surface area contributed by atoms with Gasteiger partial charge >= 0.3 is 0 Å². The van der Waals surface area contributed by atoms with Gasteiger partial charge in [-0.15, -0.1) is 11.3 Å². The normalized spacial score (nSPS) is 11.8. The number of thiophene rings is 1. The summed E-state index contributed by atoms with van der Waals surface area (Å²) in [6, 6.07) is 13.9. The molecule has 0 bridgehead atoms. The molecule has 1 atom stereocenters. The molecule has 1 aromatic carbocycles. The summed E-state index contributed by atoms with van der Waals surface area (Å²) in [6.07, 6.45) is 0.413. The van der Waals surface area contributed by atoms with E-state index >= 15 is 0 Å². The van der Waals surface area contributed by atoms with Crippen LogP contribution in [0.3, 0.4) is 0 Å². The number of amides is 2. The second kappa shape index (κ2) is 9.23. The maximum atomic E-state index is 12.5. The van der Waals surface area contributed by atoms with Crippen LogP contribution in [0.5, 0.6) is 0 Å². The van der Waals surface area contributed by atoms with Crippen molar-refractivity contribution < 1.29 is 9.59 Å². The number of carbonyl (C=O) groups is 2. The fraction of sp³-hybridized carbons (Fsp3) is 0.368. The molecule has 24 heavy (non-hydrogen) atoms. The number of hydrogen-bond acceptors (Lipinski definition) is 3. The summed E-state index contributed by atoms with van der Waals surface area (Å²) in [5, 5.41) is 4.85. The number of nitrogens with zero attached hydrogens (tertiary/aromatic N) is 1. The summed E-state index contributed by atoms with van der Waals surface area (Å²) in [5.41, 5.74) is 1.14. The highest BCUT2D eigenvalue weighted by molar-refractivity contribution is 7.09. The first kappa shape index (κ1) is 18.2. The van der Waals surface area contributed by atoms with Gasteiger partial charge in [0.1, 0.15) is 0 Å². The van der Waals surface area contributed by atoms with Gasteiger partial charge < -0.3 is 10.2 Å². The Balaban J connectivity index is 1.83. The minimum Gasteiger partial charge on any atom is -0.350 e. The molecule has 0 saturated carbocycles. The highest BCUT2D eigenvalue weighted by Gasteiger charge is 2.18. The summed E-state index contributed by atoms with van der Waals surface area (Å²) >= 11 is 1.61. The first-order valence-electron chi connectivity index (χ1n) is 8.22. The van der Waals surface area contributed by atoms with Crippen LogP contribution in [0.15, 0.2) is 47.8 Å². The lowest BCUT2D eigenvalue weighted by molar-refractivity contribution is -0.136. The van der Waals surface area contributed by atoms with Crippen molar-refractivity contribution in [3.05, 3.63) is 58.3 Å². The highest BCUT2D eigenvalue weighted by Crippen LogP contribution is 2.19. The Hall–Kier alpha value is -2.14. The molecule has 1 heterocycles. The third-order valence-electron chi connectivity index (χ3n) is 3.96. The van der Waals surface area contributed by atoms with Crippen LogP contribution >= 0.6 is 11.3 Å². The van der Waals surface area contributed by atoms with Gasteiger partial charge in [0.25, 0.3) is 0 Å². The number of rotatable bonds is 8. The molecule has 5 heteroatoms. The van der Waals surface area contributed by atoms with Crippen molar-refractivity contribution in [1.29, 1.82) is 0 Å². The molecule has 0 spiro atoms. The van der Waals surface area contributed by atoms with Crippen molar-refractivity contribution in [2.24, 2.45) is 0 Å². The van der Waals surface area contributed by atoms with Crippen LogP contribution in [0.4, 0.5) is 0 Å². The zero-order valence-electron chi connectivity index (χ0n) is 14.2. The Labute approximate surface area is 147 Å². The van der Waals surface area contributed by atoms with Crippen molar-refractivity contribution in [2.75, 3.05) is 13.1 Å². The molecule has 1 N–H and O–H groups in total. The number of carbonyl (C=O) groups excluding carboxylic acids is 2. The first-order valence-corrected chi connectivity index (χ1v) is 9.10. The predicted molar refractivity (Wildman–Crippen MR) is 97.9 cm³/mol. The predicted octanol–water partition coefficient (Wildman–Crippen LogP) is 3.41. The van der Waals surface area contributed by atoms with E-state index in [1.54, 1.807) is 16.2 Å². The Kier molecular flexibility index (Phi) is 7.00. The second-order valence-corrected chi connectivity index (χ2v) is 6.81. The van der Waals surface area contributed by atoms with Gasteiger partial charge in [-0.2, -0.15) is 0 Å². The van der Waals surface area contributed by atoms with E-state index in [-0.39, 0.29) is 24.3 Å². The van der Waals surface area contributed by atoms with Gasteiger partial charge in [0.2, 0.25) is 11.8 Å². The Morgan fingerprint density at radius 3 is 2.54 bits per heavy atom. The van der Waals surface area contributed by atoms with E-state index < -0.39 is 0 Å². The largest absolute Gasteiger partial charge is 0.350 e. The van der Waals surface area contributed by atoms with Gasteiger partial charge in [-0.3, -0.25) is 9.59 Å². The van der Waals surface area contributed by atoms with Crippen molar-refractivity contribution in [2.45, 2.75) is 32.7 Å². The lowest BCUT2D eigenvalue weighted by Crippen LogP contribution is -2.40. The molecule has 0 fully saturated rings. The highest BCUT2D eigenvalue weighted by atomic mass is 32.1. The summed E-state index contributed by atoms with van der Waals surface area (Å²) in [6.45, 7) is 5.10. The molecule has 1 aromatic heterocycles. The molecular weight excluding hydrogens is 320 g/mol. The molecule has 0 aliphatic carbocycles. The van der Waals surface area contributed by atoms with E-state index in [0.717, 1.165) is 10.4 Å². The van der Waals surface area contributed by atoms with Crippen LogP contribution in [-0.4, -0.2) is 29.8 Å². The standard InChI is InChI=1S/C19H24N2O2S/c1-3-21(14-18(22)20-13-17-10-7-11-24-17)19(23)12-15(2)16-8-5-4-6-9-16/h4-11,15H,3,12-14H2,1-2H3,(H,20,22)/t15-/m0/s1. The van der Waals surface area contributed by atoms with Gasteiger partial charge in [0.05, 0.1) is 13.1 Å². The molecule has 2 aromatic rings. The monoisotopic (exact) mass is 344 g/mol. The smallest absolute Gasteiger partial charge is 0.239 e. The Morgan fingerprint density at radius 1 is 1.17 bits per heavy atom. The van der Waals surface area contributed by atoms with Crippen LogP contribution in [-0.2, 0) is 16.1 Å². The summed E-state index contributed by atoms with van der Waals surface area (Å²) in [7, 11) is 0. The lowest BCUT2D eigenvalue weighted by atomic mass is 9.97. The number of hydrogen-bond donors (Lipinski definition) is 1. The van der Waals surface area contributed by atoms with Crippen molar-refractivity contribution in [1.82, 2.24) is 10.2 Å². The summed E-state index contributed by atoms with van der Waals surface area (Å²) < 4.78 is 0. The molecule has 0 radical (unpaired) electrons. The second-order valence-electron chi connectivity index (χ2n) is 5.78. The molecule has 4 nitrogen and oxygen atoms in total. The molecule has 0 aliphatic heterocycles. The minimum atomic E-state index is -0.119. The summed E-state index contributed by atoms with van der Waals surface area (Å²) in [5.74, 6) is 0.0352. The zero-order chi connectivity index (χ0) is 17.4. The van der Waals surface area contributed by atoms with Crippen molar-refractivity contribution in [3.63, 3.8) is 0 Å². The molecule has 0 unspecified atom stereocenters. The molecule has 2 rings (SSSR count). The zero-order valence-corrected chi connectivity index (χ0v) is 15.0. The third kappa shape index (κ3) is 5.49. The molecule has 0 aliphatic rings. The van der Waals surface area contributed by atoms with Gasteiger partial charge in [-0.1, -0.05) is 43.3 Å². The van der Waals surface area contributed by atoms with Gasteiger partial charge in [0.15, 0.2) is 0 Å². The minimum absolute atomic E-state index is 0.0140. The maximum Gasteiger partial charge on any atom is 0.239 e. The topological polar surface area (TPSA) is 49.4 Å². The quantitative estimate of drug-likeness (QED) is 0.798. The fourth-order valence-electron chi connectivity index (χ4n) is 2.49. The van der Waals surface area contributed by atoms with Gasteiger partial charge in [-0.25, -0.2) is 0 Å². The van der Waals surface area contributed by atoms with E-state index in [1.807, 2.05) is 61.7 Å². The van der Waals surface area contributed by atoms with E-state index in [4.69, 9.17) is 0 Å². The molecular formula is C19H24N2O2S. The SMILES string of the molecule is CCN(CC(=O)NCc1cccs1)C(=O)C[C@H](C)c1ccccc1. The van der Waals surface area contributed by atoms with E-state index in [0.29, 0.717) is 19.5 Å². The van der Waals surface area contributed by atoms with Crippen molar-refractivity contribution in [3.8, 4) is 0 Å². The van der Waals surface area contributed by atoms with Crippen LogP contribution in [0, 0.1) is 0 Å². The molecule has 128 valence electrons. The Morgan fingerprint density at radius 2 is 1.92 bits per heavy atom. The lowest BCUT2D eigenvalue weighted by Gasteiger charge is -2.22. The van der Waals surface area contributed by atoms with E-state index in [2.05, 4.69) is 5.32 Å². The first-order chi connectivity index (χ1) is 11.6. The van der Waals surface area contributed by atoms with Crippen LogP contribution < -0.4 is 5.32 Å². The Bertz CT molecular complexity index is 641. The van der Waals surface area contributed by atoms with E-state index in [9.17, 15) is 9.59 Å². The van der Waals surface area contributed by atoms with Crippen LogP contribution in [0.1, 0.15) is 36.6 Å². The molecule has 0 saturated heterocycles. The third-order valence-corrected chi connectivity index (χ3v) is 4.83. The average molecular weight is 344 g/mol. The maximum absolute atomic E-state index is 12.5. The average Bonchev–Trinajstić information content (AvgIpc) is 3.12.